The van der Waals surface area contributed by atoms with Crippen molar-refractivity contribution in [3.63, 3.8) is 0 Å². The van der Waals surface area contributed by atoms with Crippen molar-refractivity contribution >= 4 is 22.2 Å². The molecule has 0 saturated heterocycles. The molecule has 0 N–H and O–H groups in total. The largest absolute Gasteiger partial charge is 0.547 e. The first-order valence-corrected chi connectivity index (χ1v) is 18.4. The highest BCUT2D eigenvalue weighted by Crippen LogP contribution is 2.27. The molecule has 2 rings (SSSR count). The van der Waals surface area contributed by atoms with Crippen LogP contribution in [0.4, 0.5) is 0 Å². The van der Waals surface area contributed by atoms with Crippen molar-refractivity contribution in [2.75, 3.05) is 0 Å². The van der Waals surface area contributed by atoms with Gasteiger partial charge in [-0.15, -0.1) is 6.58 Å². The van der Waals surface area contributed by atoms with Gasteiger partial charge < -0.3 is 4.43 Å². The van der Waals surface area contributed by atoms with E-state index in [1.165, 1.54) is 55.1 Å². The molecule has 0 aromatic carbocycles. The minimum Gasteiger partial charge on any atom is -0.547 e. The Morgan fingerprint density at radius 1 is 1.00 bits per heavy atom. The van der Waals surface area contributed by atoms with Gasteiger partial charge in [-0.05, 0) is 77.2 Å². The minimum absolute atomic E-state index is 0.365. The van der Waals surface area contributed by atoms with Crippen LogP contribution >= 0.6 is 0 Å². The van der Waals surface area contributed by atoms with E-state index in [0.29, 0.717) is 11.7 Å². The number of ketones is 1. The molecule has 0 heterocycles. The second-order valence-electron chi connectivity index (χ2n) is 10.9. The van der Waals surface area contributed by atoms with E-state index in [9.17, 15) is 4.79 Å². The zero-order valence-corrected chi connectivity index (χ0v) is 22.5. The number of carbonyl (C=O) groups excluding carboxylic acids is 1. The Labute approximate surface area is 178 Å². The maximum Gasteiger partial charge on any atom is 0.241 e. The van der Waals surface area contributed by atoms with E-state index < -0.39 is 16.4 Å². The summed E-state index contributed by atoms with van der Waals surface area (Å²) in [7, 11) is -2.16. The number of Topliss-reactive ketones (excluding diaryl/α,β-unsaturated/α-hetero) is 1. The lowest BCUT2D eigenvalue weighted by molar-refractivity contribution is -0.123. The van der Waals surface area contributed by atoms with Gasteiger partial charge in [0, 0.05) is 26.8 Å². The van der Waals surface area contributed by atoms with Crippen molar-refractivity contribution in [2.24, 2.45) is 5.92 Å². The molecular weight excluding hydrogens is 376 g/mol. The van der Waals surface area contributed by atoms with Gasteiger partial charge in [-0.3, -0.25) is 4.79 Å². The van der Waals surface area contributed by atoms with Gasteiger partial charge in [0.2, 0.25) is 8.32 Å². The third-order valence-electron chi connectivity index (χ3n) is 4.80. The number of rotatable bonds is 4. The predicted octanol–water partition coefficient (Wildman–Crippen LogP) is 8.35. The van der Waals surface area contributed by atoms with Gasteiger partial charge in [-0.25, -0.2) is 0 Å². The van der Waals surface area contributed by atoms with E-state index in [-0.39, 0.29) is 0 Å². The van der Waals surface area contributed by atoms with E-state index in [4.69, 9.17) is 4.43 Å². The van der Waals surface area contributed by atoms with Gasteiger partial charge in [-0.2, -0.15) is 0 Å². The Morgan fingerprint density at radius 2 is 1.54 bits per heavy atom. The van der Waals surface area contributed by atoms with Crippen LogP contribution in [0.2, 0.25) is 45.3 Å². The lowest BCUT2D eigenvalue weighted by Gasteiger charge is -2.26. The first-order chi connectivity index (χ1) is 12.7. The van der Waals surface area contributed by atoms with Crippen LogP contribution in [-0.4, -0.2) is 22.2 Å². The van der Waals surface area contributed by atoms with Crippen LogP contribution < -0.4 is 0 Å². The Morgan fingerprint density at radius 3 is 1.86 bits per heavy atom. The molecule has 0 aromatic heterocycles. The van der Waals surface area contributed by atoms with Crippen molar-refractivity contribution < 1.29 is 9.22 Å². The molecule has 4 heteroatoms. The summed E-state index contributed by atoms with van der Waals surface area (Å²) in [5.74, 6) is 2.14. The van der Waals surface area contributed by atoms with E-state index in [1.807, 2.05) is 6.92 Å². The molecule has 1 fully saturated rings. The monoisotopic (exact) mass is 424 g/mol. The maximum absolute atomic E-state index is 10.8. The highest BCUT2D eigenvalue weighted by molar-refractivity contribution is 6.76. The summed E-state index contributed by atoms with van der Waals surface area (Å²) in [6.45, 7) is 24.1. The van der Waals surface area contributed by atoms with E-state index in [2.05, 4.69) is 59.7 Å². The van der Waals surface area contributed by atoms with Crippen LogP contribution in [0.15, 0.2) is 23.5 Å². The first kappa shape index (κ1) is 27.4. The van der Waals surface area contributed by atoms with E-state index >= 15 is 0 Å². The van der Waals surface area contributed by atoms with Crippen molar-refractivity contribution in [2.45, 2.75) is 117 Å². The summed E-state index contributed by atoms with van der Waals surface area (Å²) < 4.78 is 6.01. The predicted molar refractivity (Wildman–Crippen MR) is 131 cm³/mol. The van der Waals surface area contributed by atoms with Crippen molar-refractivity contribution in [3.8, 4) is 0 Å². The van der Waals surface area contributed by atoms with Gasteiger partial charge in [0.15, 0.2) is 0 Å². The summed E-state index contributed by atoms with van der Waals surface area (Å²) in [4.78, 5) is 10.8. The fourth-order valence-corrected chi connectivity index (χ4v) is 6.42. The molecule has 1 saturated carbocycles. The summed E-state index contributed by atoms with van der Waals surface area (Å²) >= 11 is 0. The number of allylic oxidation sites excluding steroid dienone is 3. The molecule has 164 valence electrons. The molecule has 28 heavy (non-hydrogen) atoms. The molecule has 0 amide bonds. The Balaban J connectivity index is 0.000000405. The number of carbonyl (C=O) groups is 1. The fourth-order valence-electron chi connectivity index (χ4n) is 3.60. The zero-order valence-electron chi connectivity index (χ0n) is 20.5. The van der Waals surface area contributed by atoms with Crippen LogP contribution in [0.25, 0.3) is 0 Å². The average molecular weight is 425 g/mol. The third kappa shape index (κ3) is 15.3. The molecular formula is C24H48O2Si2. The highest BCUT2D eigenvalue weighted by atomic mass is 28.4. The van der Waals surface area contributed by atoms with Crippen LogP contribution in [0.1, 0.15) is 72.1 Å². The van der Waals surface area contributed by atoms with Gasteiger partial charge in [0.1, 0.15) is 5.78 Å². The molecule has 1 unspecified atom stereocenters. The first-order valence-electron chi connectivity index (χ1n) is 11.3. The quantitative estimate of drug-likeness (QED) is 0.335. The molecule has 2 nitrogen and oxygen atoms in total. The van der Waals surface area contributed by atoms with Crippen molar-refractivity contribution in [1.29, 1.82) is 0 Å². The Kier molecular flexibility index (Phi) is 12.6. The number of hydrogen-bond donors (Lipinski definition) is 0. The molecule has 0 bridgehead atoms. The molecule has 2 aliphatic carbocycles. The standard InChI is InChI=1S/C10H20OSi.C7H12O.C7H16Si/c1-9-7-5-6-8-10(9)11-12(2,3)4;1-6-4-2-3-5-7(6)8;1-7(2)6-8(3,4)5/h5-8H2,1-4H3;6H,2-5H2,1H3;1,6H2,2-5H3. The Bertz CT molecular complexity index is 522. The molecule has 2 aliphatic rings. The van der Waals surface area contributed by atoms with Crippen LogP contribution in [0, 0.1) is 5.92 Å². The topological polar surface area (TPSA) is 26.3 Å². The second kappa shape index (κ2) is 12.8. The lowest BCUT2D eigenvalue weighted by atomic mass is 9.90. The molecule has 1 atom stereocenters. The smallest absolute Gasteiger partial charge is 0.241 e. The van der Waals surface area contributed by atoms with E-state index in [1.54, 1.807) is 0 Å². The molecule has 0 radical (unpaired) electrons. The summed E-state index contributed by atoms with van der Waals surface area (Å²) in [6, 6.07) is 1.27. The minimum atomic E-state index is -1.34. The zero-order chi connectivity index (χ0) is 22.0. The fraction of sp³-hybridized carbons (Fsp3) is 0.792. The SMILES string of the molecule is C=C(C)C[Si](C)(C)C.CC1=C(O[Si](C)(C)C)CCCC1.CC1CCCCC1=O. The Hall–Kier alpha value is -0.616. The summed E-state index contributed by atoms with van der Waals surface area (Å²) in [5, 5.41) is 0. The second-order valence-corrected chi connectivity index (χ2v) is 20.8. The van der Waals surface area contributed by atoms with Gasteiger partial charge >= 0.3 is 0 Å². The van der Waals surface area contributed by atoms with Gasteiger partial charge in [0.25, 0.3) is 0 Å². The van der Waals surface area contributed by atoms with Gasteiger partial charge in [0.05, 0.1) is 5.76 Å². The number of hydrogen-bond acceptors (Lipinski definition) is 2. The molecule has 0 aliphatic heterocycles. The van der Waals surface area contributed by atoms with Crippen LogP contribution in [0.5, 0.6) is 0 Å². The third-order valence-corrected chi connectivity index (χ3v) is 7.33. The molecule has 0 spiro atoms. The van der Waals surface area contributed by atoms with E-state index in [0.717, 1.165) is 19.3 Å². The van der Waals surface area contributed by atoms with Gasteiger partial charge in [-0.1, -0.05) is 38.6 Å². The lowest BCUT2D eigenvalue weighted by Crippen LogP contribution is -2.26. The molecule has 0 aromatic rings. The highest BCUT2D eigenvalue weighted by Gasteiger charge is 2.20. The van der Waals surface area contributed by atoms with Crippen LogP contribution in [0.3, 0.4) is 0 Å². The van der Waals surface area contributed by atoms with Crippen molar-refractivity contribution in [3.05, 3.63) is 23.5 Å². The van der Waals surface area contributed by atoms with Crippen LogP contribution in [-0.2, 0) is 9.22 Å². The summed E-state index contributed by atoms with van der Waals surface area (Å²) in [5.41, 5.74) is 2.83. The maximum atomic E-state index is 10.8. The van der Waals surface area contributed by atoms with Crippen molar-refractivity contribution in [1.82, 2.24) is 0 Å². The normalized spacial score (nSPS) is 20.5. The summed E-state index contributed by atoms with van der Waals surface area (Å²) in [6.07, 6.45) is 9.44. The average Bonchev–Trinajstić information content (AvgIpc) is 2.50.